The summed E-state index contributed by atoms with van der Waals surface area (Å²) < 4.78 is 4.81. The van der Waals surface area contributed by atoms with Crippen LogP contribution >= 0.6 is 0 Å². The molecule has 0 saturated carbocycles. The average molecular weight is 214 g/mol. The second-order valence-corrected chi connectivity index (χ2v) is 3.16. The van der Waals surface area contributed by atoms with E-state index >= 15 is 0 Å². The number of carbonyl (C=O) groups excluding carboxylic acids is 1. The van der Waals surface area contributed by atoms with Gasteiger partial charge in [0.1, 0.15) is 5.76 Å². The van der Waals surface area contributed by atoms with Crippen molar-refractivity contribution >= 4 is 5.91 Å². The summed E-state index contributed by atoms with van der Waals surface area (Å²) in [5.74, 6) is -0.452. The third-order valence-corrected chi connectivity index (χ3v) is 1.65. The molecule has 0 aromatic carbocycles. The van der Waals surface area contributed by atoms with Gasteiger partial charge in [0.15, 0.2) is 0 Å². The number of methoxy groups -OCH3 is 1. The molecule has 0 radical (unpaired) electrons. The number of hydrogen-bond acceptors (Lipinski definition) is 4. The van der Waals surface area contributed by atoms with Crippen LogP contribution in [0.25, 0.3) is 0 Å². The zero-order valence-corrected chi connectivity index (χ0v) is 9.41. The summed E-state index contributed by atoms with van der Waals surface area (Å²) in [6.07, 6.45) is 1.11. The molecule has 0 aliphatic carbocycles. The molecule has 5 heteroatoms. The van der Waals surface area contributed by atoms with Gasteiger partial charge in [-0.3, -0.25) is 4.79 Å². The van der Waals surface area contributed by atoms with E-state index in [9.17, 15) is 9.90 Å². The number of nitrogens with one attached hydrogen (secondary N) is 1. The first kappa shape index (κ1) is 13.5. The summed E-state index contributed by atoms with van der Waals surface area (Å²) in [6, 6.07) is 0. The Bertz CT molecular complexity index is 259. The third kappa shape index (κ3) is 5.74. The monoisotopic (exact) mass is 214 g/mol. The van der Waals surface area contributed by atoms with E-state index in [1.165, 1.54) is 4.90 Å². The molecule has 0 bridgehead atoms. The van der Waals surface area contributed by atoms with Crippen LogP contribution in [0.3, 0.4) is 0 Å². The van der Waals surface area contributed by atoms with Crippen LogP contribution in [-0.4, -0.2) is 50.3 Å². The molecule has 5 nitrogen and oxygen atoms in total. The standard InChI is InChI=1S/C10H18N2O3/c1-8(11-5-6-15-4)9(13)7-10(14)12(2)3/h7,11,13H,1,5-6H2,2-4H3/b9-7-. The zero-order valence-electron chi connectivity index (χ0n) is 9.41. The number of rotatable bonds is 6. The topological polar surface area (TPSA) is 61.8 Å². The number of hydrogen-bond donors (Lipinski definition) is 2. The lowest BCUT2D eigenvalue weighted by Crippen LogP contribution is -2.22. The molecule has 0 aromatic heterocycles. The normalized spacial score (nSPS) is 11.0. The number of aliphatic hydroxyl groups excluding tert-OH is 1. The number of likely N-dealkylation sites (N-methyl/N-ethyl adjacent to an activating group) is 1. The Labute approximate surface area is 90.0 Å². The van der Waals surface area contributed by atoms with Gasteiger partial charge in [0.25, 0.3) is 0 Å². The van der Waals surface area contributed by atoms with Crippen molar-refractivity contribution < 1.29 is 14.6 Å². The highest BCUT2D eigenvalue weighted by molar-refractivity contribution is 5.88. The minimum absolute atomic E-state index is 0.162. The van der Waals surface area contributed by atoms with Gasteiger partial charge in [-0.15, -0.1) is 0 Å². The van der Waals surface area contributed by atoms with E-state index in [-0.39, 0.29) is 11.7 Å². The van der Waals surface area contributed by atoms with E-state index in [4.69, 9.17) is 4.74 Å². The molecule has 0 heterocycles. The fourth-order valence-electron chi connectivity index (χ4n) is 0.728. The van der Waals surface area contributed by atoms with Crippen molar-refractivity contribution in [3.05, 3.63) is 24.1 Å². The smallest absolute Gasteiger partial charge is 0.249 e. The van der Waals surface area contributed by atoms with Gasteiger partial charge in [0, 0.05) is 33.8 Å². The Morgan fingerprint density at radius 1 is 1.60 bits per heavy atom. The summed E-state index contributed by atoms with van der Waals surface area (Å²) in [6.45, 7) is 4.62. The Morgan fingerprint density at radius 2 is 2.20 bits per heavy atom. The van der Waals surface area contributed by atoms with Gasteiger partial charge < -0.3 is 20.1 Å². The lowest BCUT2D eigenvalue weighted by molar-refractivity contribution is -0.123. The number of ether oxygens (including phenoxy) is 1. The summed E-state index contributed by atoms with van der Waals surface area (Å²) in [7, 11) is 4.79. The highest BCUT2D eigenvalue weighted by Gasteiger charge is 2.04. The highest BCUT2D eigenvalue weighted by atomic mass is 16.5. The molecule has 0 aliphatic heterocycles. The zero-order chi connectivity index (χ0) is 11.8. The van der Waals surface area contributed by atoms with Gasteiger partial charge in [-0.1, -0.05) is 6.58 Å². The third-order valence-electron chi connectivity index (χ3n) is 1.65. The molecule has 86 valence electrons. The van der Waals surface area contributed by atoms with E-state index in [0.717, 1.165) is 6.08 Å². The fourth-order valence-corrected chi connectivity index (χ4v) is 0.728. The number of aliphatic hydroxyl groups is 1. The predicted molar refractivity (Wildman–Crippen MR) is 58.4 cm³/mol. The molecule has 1 amide bonds. The van der Waals surface area contributed by atoms with Crippen molar-refractivity contribution in [2.75, 3.05) is 34.4 Å². The first-order chi connectivity index (χ1) is 6.99. The molecule has 0 aromatic rings. The van der Waals surface area contributed by atoms with Gasteiger partial charge in [-0.2, -0.15) is 0 Å². The minimum Gasteiger partial charge on any atom is -0.506 e. The molecule has 0 fully saturated rings. The number of amides is 1. The molecule has 0 saturated heterocycles. The van der Waals surface area contributed by atoms with Crippen LogP contribution in [0.5, 0.6) is 0 Å². The van der Waals surface area contributed by atoms with Crippen molar-refractivity contribution in [2.24, 2.45) is 0 Å². The van der Waals surface area contributed by atoms with E-state index in [2.05, 4.69) is 11.9 Å². The Morgan fingerprint density at radius 3 is 2.67 bits per heavy atom. The summed E-state index contributed by atoms with van der Waals surface area (Å²) >= 11 is 0. The van der Waals surface area contributed by atoms with Gasteiger partial charge in [0.05, 0.1) is 12.3 Å². The Balaban J connectivity index is 4.13. The van der Waals surface area contributed by atoms with Gasteiger partial charge in [0.2, 0.25) is 5.91 Å². The van der Waals surface area contributed by atoms with E-state index < -0.39 is 0 Å². The molecule has 2 N–H and O–H groups in total. The lowest BCUT2D eigenvalue weighted by Gasteiger charge is -2.10. The largest absolute Gasteiger partial charge is 0.506 e. The van der Waals surface area contributed by atoms with Gasteiger partial charge in [-0.25, -0.2) is 0 Å². The van der Waals surface area contributed by atoms with Crippen LogP contribution in [0.1, 0.15) is 0 Å². The van der Waals surface area contributed by atoms with Gasteiger partial charge >= 0.3 is 0 Å². The van der Waals surface area contributed by atoms with Crippen LogP contribution in [0.4, 0.5) is 0 Å². The second kappa shape index (κ2) is 6.89. The van der Waals surface area contributed by atoms with Crippen LogP contribution in [-0.2, 0) is 9.53 Å². The highest BCUT2D eigenvalue weighted by Crippen LogP contribution is 2.00. The number of carbonyl (C=O) groups is 1. The molecule has 0 unspecified atom stereocenters. The lowest BCUT2D eigenvalue weighted by atomic mass is 10.3. The van der Waals surface area contributed by atoms with Crippen LogP contribution in [0.15, 0.2) is 24.1 Å². The van der Waals surface area contributed by atoms with Crippen molar-refractivity contribution in [3.8, 4) is 0 Å². The summed E-state index contributed by atoms with van der Waals surface area (Å²) in [5, 5.41) is 12.3. The molecule has 0 atom stereocenters. The van der Waals surface area contributed by atoms with Crippen LogP contribution in [0, 0.1) is 0 Å². The summed E-state index contributed by atoms with van der Waals surface area (Å²) in [5.41, 5.74) is 0.308. The Kier molecular flexibility index (Phi) is 6.21. The maximum absolute atomic E-state index is 11.2. The van der Waals surface area contributed by atoms with E-state index in [1.54, 1.807) is 21.2 Å². The van der Waals surface area contributed by atoms with E-state index in [1.807, 2.05) is 0 Å². The van der Waals surface area contributed by atoms with E-state index in [0.29, 0.717) is 18.8 Å². The van der Waals surface area contributed by atoms with Gasteiger partial charge in [-0.05, 0) is 0 Å². The Hall–Kier alpha value is -1.49. The molecular weight excluding hydrogens is 196 g/mol. The van der Waals surface area contributed by atoms with Crippen molar-refractivity contribution in [1.82, 2.24) is 10.2 Å². The number of nitrogens with zero attached hydrogens (tertiary/aromatic N) is 1. The van der Waals surface area contributed by atoms with Crippen molar-refractivity contribution in [1.29, 1.82) is 0 Å². The van der Waals surface area contributed by atoms with Crippen LogP contribution < -0.4 is 5.32 Å². The molecular formula is C10H18N2O3. The molecule has 0 spiro atoms. The second-order valence-electron chi connectivity index (χ2n) is 3.16. The maximum atomic E-state index is 11.2. The fraction of sp³-hybridized carbons (Fsp3) is 0.500. The van der Waals surface area contributed by atoms with Crippen LogP contribution in [0.2, 0.25) is 0 Å². The van der Waals surface area contributed by atoms with Crippen molar-refractivity contribution in [2.45, 2.75) is 0 Å². The molecule has 0 aliphatic rings. The predicted octanol–water partition coefficient (Wildman–Crippen LogP) is 0.266. The molecule has 15 heavy (non-hydrogen) atoms. The summed E-state index contributed by atoms with van der Waals surface area (Å²) in [4.78, 5) is 12.5. The first-order valence-corrected chi connectivity index (χ1v) is 4.53. The first-order valence-electron chi connectivity index (χ1n) is 4.53. The van der Waals surface area contributed by atoms with Crippen molar-refractivity contribution in [3.63, 3.8) is 0 Å². The molecule has 0 rings (SSSR count). The SMILES string of the molecule is C=C(NCCOC)/C(O)=C/C(=O)N(C)C. The maximum Gasteiger partial charge on any atom is 0.249 e. The minimum atomic E-state index is -0.290. The quantitative estimate of drug-likeness (QED) is 0.288. The average Bonchev–Trinajstić information content (AvgIpc) is 2.17.